The molecule has 2 aromatic carbocycles. The highest BCUT2D eigenvalue weighted by Gasteiger charge is 2.22. The van der Waals surface area contributed by atoms with E-state index in [-0.39, 0.29) is 24.3 Å². The highest BCUT2D eigenvalue weighted by molar-refractivity contribution is 5.98. The van der Waals surface area contributed by atoms with Gasteiger partial charge in [-0.25, -0.2) is 0 Å². The molecule has 2 amide bonds. The molecule has 2 rings (SSSR count). The number of aryl methyl sites for hydroxylation is 1. The molecule has 0 aliphatic carbocycles. The van der Waals surface area contributed by atoms with Crippen LogP contribution in [0, 0.1) is 24.2 Å². The largest absolute Gasteiger partial charge is 0.341 e. The maximum atomic E-state index is 12.6. The third-order valence-corrected chi connectivity index (χ3v) is 4.27. The minimum Gasteiger partial charge on any atom is -0.341 e. The quantitative estimate of drug-likeness (QED) is 0.739. The number of hydrogen-bond donors (Lipinski definition) is 2. The molecule has 0 aliphatic heterocycles. The van der Waals surface area contributed by atoms with Gasteiger partial charge in [0.25, 0.3) is 5.91 Å². The molecule has 0 aromatic heterocycles. The number of amides is 2. The number of carbonyl (C=O) groups excluding carboxylic acids is 2. The zero-order valence-electron chi connectivity index (χ0n) is 16.0. The molecule has 5 heteroatoms. The summed E-state index contributed by atoms with van der Waals surface area (Å²) in [4.78, 5) is 24.8. The van der Waals surface area contributed by atoms with E-state index in [1.165, 1.54) is 5.56 Å². The van der Waals surface area contributed by atoms with Gasteiger partial charge in [0.15, 0.2) is 0 Å². The highest BCUT2D eigenvalue weighted by atomic mass is 16.2. The Bertz CT molecular complexity index is 835. The molecule has 27 heavy (non-hydrogen) atoms. The van der Waals surface area contributed by atoms with Crippen molar-refractivity contribution in [2.24, 2.45) is 5.92 Å². The van der Waals surface area contributed by atoms with E-state index in [9.17, 15) is 9.59 Å². The summed E-state index contributed by atoms with van der Waals surface area (Å²) in [6.45, 7) is 5.93. The minimum absolute atomic E-state index is 0.0750. The Hall–Kier alpha value is -3.13. The van der Waals surface area contributed by atoms with Crippen LogP contribution in [0.4, 0.5) is 0 Å². The van der Waals surface area contributed by atoms with E-state index in [2.05, 4.69) is 10.6 Å². The molecule has 0 heterocycles. The summed E-state index contributed by atoms with van der Waals surface area (Å²) in [5.74, 6) is -0.411. The molecule has 0 saturated carbocycles. The van der Waals surface area contributed by atoms with Gasteiger partial charge in [0.05, 0.1) is 6.07 Å². The fourth-order valence-electron chi connectivity index (χ4n) is 2.89. The number of nitrogens with zero attached hydrogens (tertiary/aromatic N) is 1. The summed E-state index contributed by atoms with van der Waals surface area (Å²) in [6.07, 6.45) is 0.504. The smallest absolute Gasteiger partial charge is 0.251 e. The Balaban J connectivity index is 2.12. The van der Waals surface area contributed by atoms with E-state index in [0.29, 0.717) is 12.0 Å². The molecule has 0 bridgehead atoms. The lowest BCUT2D eigenvalue weighted by atomic mass is 9.99. The Kier molecular flexibility index (Phi) is 7.13. The van der Waals surface area contributed by atoms with Crippen LogP contribution < -0.4 is 10.6 Å². The van der Waals surface area contributed by atoms with Crippen LogP contribution in [0.2, 0.25) is 0 Å². The lowest BCUT2D eigenvalue weighted by Crippen LogP contribution is -2.47. The molecule has 0 saturated heterocycles. The summed E-state index contributed by atoms with van der Waals surface area (Å²) in [6, 6.07) is 16.6. The summed E-state index contributed by atoms with van der Waals surface area (Å²) >= 11 is 0. The average Bonchev–Trinajstić information content (AvgIpc) is 2.65. The van der Waals surface area contributed by atoms with Crippen molar-refractivity contribution >= 4 is 11.8 Å². The predicted octanol–water partition coefficient (Wildman–Crippen LogP) is 3.45. The van der Waals surface area contributed by atoms with E-state index in [4.69, 9.17) is 5.26 Å². The lowest BCUT2D eigenvalue weighted by molar-refractivity contribution is -0.123. The first-order valence-electron chi connectivity index (χ1n) is 9.04. The van der Waals surface area contributed by atoms with E-state index in [1.807, 2.05) is 63.2 Å². The van der Waals surface area contributed by atoms with E-state index >= 15 is 0 Å². The SMILES string of the molecule is Cc1ccccc1-c1ccc(C(=O)N[C@@H](CC(C)C)C(=O)NCC#N)cc1. The van der Waals surface area contributed by atoms with Gasteiger partial charge in [-0.15, -0.1) is 0 Å². The minimum atomic E-state index is -0.665. The van der Waals surface area contributed by atoms with E-state index in [1.54, 1.807) is 12.1 Å². The number of nitriles is 1. The second-order valence-electron chi connectivity index (χ2n) is 6.92. The van der Waals surface area contributed by atoms with E-state index in [0.717, 1.165) is 11.1 Å². The summed E-state index contributed by atoms with van der Waals surface area (Å²) < 4.78 is 0. The number of hydrogen-bond acceptors (Lipinski definition) is 3. The van der Waals surface area contributed by atoms with Gasteiger partial charge in [0.2, 0.25) is 5.91 Å². The fourth-order valence-corrected chi connectivity index (χ4v) is 2.89. The van der Waals surface area contributed by atoms with Crippen LogP contribution in [0.5, 0.6) is 0 Å². The Morgan fingerprint density at radius 3 is 2.33 bits per heavy atom. The molecular weight excluding hydrogens is 338 g/mol. The van der Waals surface area contributed by atoms with Crippen LogP contribution in [-0.4, -0.2) is 24.4 Å². The fraction of sp³-hybridized carbons (Fsp3) is 0.318. The molecule has 2 N–H and O–H groups in total. The van der Waals surface area contributed by atoms with Crippen LogP contribution in [0.25, 0.3) is 11.1 Å². The van der Waals surface area contributed by atoms with E-state index < -0.39 is 6.04 Å². The van der Waals surface area contributed by atoms with Crippen LogP contribution in [0.15, 0.2) is 48.5 Å². The number of benzene rings is 2. The van der Waals surface area contributed by atoms with Crippen molar-refractivity contribution in [2.45, 2.75) is 33.2 Å². The molecule has 0 radical (unpaired) electrons. The van der Waals surface area contributed by atoms with Crippen molar-refractivity contribution in [1.29, 1.82) is 5.26 Å². The molecular formula is C22H25N3O2. The van der Waals surface area contributed by atoms with Gasteiger partial charge in [-0.05, 0) is 48.1 Å². The predicted molar refractivity (Wildman–Crippen MR) is 106 cm³/mol. The first kappa shape index (κ1) is 20.2. The van der Waals surface area contributed by atoms with Gasteiger partial charge in [-0.2, -0.15) is 5.26 Å². The van der Waals surface area contributed by atoms with Gasteiger partial charge < -0.3 is 10.6 Å². The number of carbonyl (C=O) groups is 2. The van der Waals surface area contributed by atoms with Crippen molar-refractivity contribution in [3.05, 3.63) is 59.7 Å². The molecule has 0 spiro atoms. The standard InChI is InChI=1S/C22H25N3O2/c1-15(2)14-20(22(27)24-13-12-23)25-21(26)18-10-8-17(9-11-18)19-7-5-4-6-16(19)3/h4-11,15,20H,13-14H2,1-3H3,(H,24,27)(H,25,26)/t20-/m0/s1. The maximum absolute atomic E-state index is 12.6. The van der Waals surface area contributed by atoms with Gasteiger partial charge in [0.1, 0.15) is 12.6 Å². The molecule has 1 atom stereocenters. The zero-order valence-corrected chi connectivity index (χ0v) is 16.0. The molecule has 5 nitrogen and oxygen atoms in total. The third-order valence-electron chi connectivity index (χ3n) is 4.27. The van der Waals surface area contributed by atoms with Gasteiger partial charge in [-0.3, -0.25) is 9.59 Å². The first-order valence-corrected chi connectivity index (χ1v) is 9.04. The Morgan fingerprint density at radius 2 is 1.74 bits per heavy atom. The Labute approximate surface area is 160 Å². The van der Waals surface area contributed by atoms with Gasteiger partial charge in [-0.1, -0.05) is 50.2 Å². The maximum Gasteiger partial charge on any atom is 0.251 e. The second kappa shape index (κ2) is 9.54. The monoisotopic (exact) mass is 363 g/mol. The van der Waals surface area contributed by atoms with Crippen LogP contribution in [-0.2, 0) is 4.79 Å². The molecule has 2 aromatic rings. The van der Waals surface area contributed by atoms with Crippen molar-refractivity contribution in [3.63, 3.8) is 0 Å². The molecule has 0 aliphatic rings. The second-order valence-corrected chi connectivity index (χ2v) is 6.92. The number of rotatable bonds is 7. The van der Waals surface area contributed by atoms with Crippen molar-refractivity contribution in [3.8, 4) is 17.2 Å². The lowest BCUT2D eigenvalue weighted by Gasteiger charge is -2.19. The third kappa shape index (κ3) is 5.68. The van der Waals surface area contributed by atoms with Crippen molar-refractivity contribution in [1.82, 2.24) is 10.6 Å². The summed E-state index contributed by atoms with van der Waals surface area (Å²) in [5.41, 5.74) is 3.82. The summed E-state index contributed by atoms with van der Waals surface area (Å²) in [7, 11) is 0. The van der Waals surface area contributed by atoms with Crippen molar-refractivity contribution in [2.75, 3.05) is 6.54 Å². The molecule has 140 valence electrons. The van der Waals surface area contributed by atoms with Gasteiger partial charge in [0, 0.05) is 5.56 Å². The first-order chi connectivity index (χ1) is 12.9. The van der Waals surface area contributed by atoms with Crippen LogP contribution in [0.1, 0.15) is 36.2 Å². The van der Waals surface area contributed by atoms with Crippen LogP contribution in [0.3, 0.4) is 0 Å². The molecule has 0 unspecified atom stereocenters. The zero-order chi connectivity index (χ0) is 19.8. The van der Waals surface area contributed by atoms with Gasteiger partial charge >= 0.3 is 0 Å². The summed E-state index contributed by atoms with van der Waals surface area (Å²) in [5, 5.41) is 13.9. The average molecular weight is 363 g/mol. The highest BCUT2D eigenvalue weighted by Crippen LogP contribution is 2.23. The number of nitrogens with one attached hydrogen (secondary N) is 2. The van der Waals surface area contributed by atoms with Crippen molar-refractivity contribution < 1.29 is 9.59 Å². The Morgan fingerprint density at radius 1 is 1.07 bits per heavy atom. The molecule has 0 fully saturated rings. The van der Waals surface area contributed by atoms with Crippen LogP contribution >= 0.6 is 0 Å². The topological polar surface area (TPSA) is 82.0 Å². The normalized spacial score (nSPS) is 11.5.